The highest BCUT2D eigenvalue weighted by atomic mass is 35.5. The second-order valence-electron chi connectivity index (χ2n) is 6.14. The minimum absolute atomic E-state index is 0.305. The molecule has 0 saturated carbocycles. The quantitative estimate of drug-likeness (QED) is 0.816. The van der Waals surface area contributed by atoms with E-state index in [2.05, 4.69) is 27.7 Å². The first-order valence-corrected chi connectivity index (χ1v) is 6.60. The maximum atomic E-state index is 10.2. The molecule has 1 N–H and O–H groups in total. The number of hydrogen-bond donors (Lipinski definition) is 1. The van der Waals surface area contributed by atoms with Crippen LogP contribution in [-0.4, -0.2) is 5.11 Å². The van der Waals surface area contributed by atoms with Crippen LogP contribution >= 0.6 is 11.6 Å². The molecule has 1 aromatic rings. The highest BCUT2D eigenvalue weighted by Gasteiger charge is 2.19. The maximum absolute atomic E-state index is 10.2. The standard InChI is InChI=1S/C15H23ClO/c1-11(10-15(2,3)4)9-14(17)12-7-5-6-8-13(12)16/h5-8,11,14,17H,9-10H2,1-4H3. The largest absolute Gasteiger partial charge is 0.388 e. The summed E-state index contributed by atoms with van der Waals surface area (Å²) < 4.78 is 0. The van der Waals surface area contributed by atoms with Crippen LogP contribution in [0.1, 0.15) is 52.2 Å². The molecule has 1 rings (SSSR count). The van der Waals surface area contributed by atoms with Crippen molar-refractivity contribution in [2.45, 2.75) is 46.6 Å². The molecule has 0 radical (unpaired) electrons. The minimum atomic E-state index is -0.457. The highest BCUT2D eigenvalue weighted by molar-refractivity contribution is 6.31. The predicted octanol–water partition coefficient (Wildman–Crippen LogP) is 4.84. The summed E-state index contributed by atoms with van der Waals surface area (Å²) in [6.45, 7) is 8.87. The van der Waals surface area contributed by atoms with Gasteiger partial charge in [0.1, 0.15) is 0 Å². The Morgan fingerprint density at radius 2 is 1.82 bits per heavy atom. The Labute approximate surface area is 110 Å². The van der Waals surface area contributed by atoms with Crippen molar-refractivity contribution in [1.82, 2.24) is 0 Å². The normalized spacial score (nSPS) is 15.6. The Morgan fingerprint density at radius 1 is 1.24 bits per heavy atom. The van der Waals surface area contributed by atoms with Gasteiger partial charge in [0.2, 0.25) is 0 Å². The van der Waals surface area contributed by atoms with Gasteiger partial charge in [0.15, 0.2) is 0 Å². The van der Waals surface area contributed by atoms with Crippen molar-refractivity contribution >= 4 is 11.6 Å². The summed E-state index contributed by atoms with van der Waals surface area (Å²) in [5.41, 5.74) is 1.15. The van der Waals surface area contributed by atoms with Gasteiger partial charge in [0.25, 0.3) is 0 Å². The zero-order valence-corrected chi connectivity index (χ0v) is 12.0. The number of benzene rings is 1. The Bertz CT molecular complexity index is 354. The molecule has 96 valence electrons. The summed E-state index contributed by atoms with van der Waals surface area (Å²) >= 11 is 6.08. The van der Waals surface area contributed by atoms with Crippen molar-refractivity contribution < 1.29 is 5.11 Å². The summed E-state index contributed by atoms with van der Waals surface area (Å²) in [6.07, 6.45) is 1.41. The van der Waals surface area contributed by atoms with Gasteiger partial charge >= 0.3 is 0 Å². The maximum Gasteiger partial charge on any atom is 0.0807 e. The summed E-state index contributed by atoms with van der Waals surface area (Å²) in [6, 6.07) is 7.53. The molecule has 1 nitrogen and oxygen atoms in total. The van der Waals surface area contributed by atoms with Crippen LogP contribution in [0.25, 0.3) is 0 Å². The molecule has 2 unspecified atom stereocenters. The molecule has 0 bridgehead atoms. The van der Waals surface area contributed by atoms with E-state index in [1.807, 2.05) is 24.3 Å². The highest BCUT2D eigenvalue weighted by Crippen LogP contribution is 2.32. The Morgan fingerprint density at radius 3 is 2.35 bits per heavy atom. The van der Waals surface area contributed by atoms with Gasteiger partial charge < -0.3 is 5.11 Å². The molecule has 0 aliphatic rings. The van der Waals surface area contributed by atoms with Gasteiger partial charge in [-0.3, -0.25) is 0 Å². The molecule has 0 aliphatic heterocycles. The van der Waals surface area contributed by atoms with Crippen LogP contribution in [0.4, 0.5) is 0 Å². The molecule has 0 aromatic heterocycles. The molecule has 0 fully saturated rings. The first-order chi connectivity index (χ1) is 7.79. The molecular formula is C15H23ClO. The molecule has 0 heterocycles. The Kier molecular flexibility index (Phi) is 5.03. The van der Waals surface area contributed by atoms with Gasteiger partial charge in [-0.05, 0) is 35.8 Å². The van der Waals surface area contributed by atoms with Crippen molar-refractivity contribution in [3.8, 4) is 0 Å². The van der Waals surface area contributed by atoms with Crippen molar-refractivity contribution in [2.24, 2.45) is 11.3 Å². The van der Waals surface area contributed by atoms with Crippen molar-refractivity contribution in [3.05, 3.63) is 34.9 Å². The first kappa shape index (κ1) is 14.5. The van der Waals surface area contributed by atoms with Crippen LogP contribution in [0.3, 0.4) is 0 Å². The SMILES string of the molecule is CC(CC(O)c1ccccc1Cl)CC(C)(C)C. The summed E-state index contributed by atoms with van der Waals surface area (Å²) in [5, 5.41) is 10.8. The second-order valence-corrected chi connectivity index (χ2v) is 6.55. The zero-order chi connectivity index (χ0) is 13.1. The number of hydrogen-bond acceptors (Lipinski definition) is 1. The Hall–Kier alpha value is -0.530. The van der Waals surface area contributed by atoms with E-state index in [-0.39, 0.29) is 0 Å². The number of aliphatic hydroxyl groups excluding tert-OH is 1. The first-order valence-electron chi connectivity index (χ1n) is 6.22. The molecule has 0 amide bonds. The second kappa shape index (κ2) is 5.88. The fourth-order valence-corrected chi connectivity index (χ4v) is 2.64. The number of aliphatic hydroxyl groups is 1. The zero-order valence-electron chi connectivity index (χ0n) is 11.2. The molecule has 17 heavy (non-hydrogen) atoms. The lowest BCUT2D eigenvalue weighted by atomic mass is 9.82. The van der Waals surface area contributed by atoms with Crippen LogP contribution in [0.15, 0.2) is 24.3 Å². The number of rotatable bonds is 4. The van der Waals surface area contributed by atoms with Gasteiger partial charge in [-0.2, -0.15) is 0 Å². The van der Waals surface area contributed by atoms with Crippen molar-refractivity contribution in [1.29, 1.82) is 0 Å². The van der Waals surface area contributed by atoms with E-state index in [0.717, 1.165) is 18.4 Å². The van der Waals surface area contributed by atoms with E-state index >= 15 is 0 Å². The molecule has 2 atom stereocenters. The fourth-order valence-electron chi connectivity index (χ4n) is 2.38. The molecule has 1 aromatic carbocycles. The van der Waals surface area contributed by atoms with E-state index < -0.39 is 6.10 Å². The lowest BCUT2D eigenvalue weighted by molar-refractivity contribution is 0.134. The lowest BCUT2D eigenvalue weighted by Crippen LogP contribution is -2.13. The van der Waals surface area contributed by atoms with Gasteiger partial charge in [-0.15, -0.1) is 0 Å². The minimum Gasteiger partial charge on any atom is -0.388 e. The molecule has 0 aliphatic carbocycles. The monoisotopic (exact) mass is 254 g/mol. The van der Waals surface area contributed by atoms with Gasteiger partial charge in [0, 0.05) is 5.02 Å². The summed E-state index contributed by atoms with van der Waals surface area (Å²) in [7, 11) is 0. The van der Waals surface area contributed by atoms with Crippen molar-refractivity contribution in [3.63, 3.8) is 0 Å². The summed E-state index contributed by atoms with van der Waals surface area (Å²) in [5.74, 6) is 0.487. The molecular weight excluding hydrogens is 232 g/mol. The Balaban J connectivity index is 2.61. The van der Waals surface area contributed by atoms with E-state index in [1.54, 1.807) is 0 Å². The third-order valence-corrected chi connectivity index (χ3v) is 3.19. The topological polar surface area (TPSA) is 20.2 Å². The average molecular weight is 255 g/mol. The van der Waals surface area contributed by atoms with Gasteiger partial charge in [-0.1, -0.05) is 57.5 Å². The lowest BCUT2D eigenvalue weighted by Gasteiger charge is -2.25. The average Bonchev–Trinajstić information content (AvgIpc) is 2.14. The molecule has 0 spiro atoms. The van der Waals surface area contributed by atoms with E-state index in [0.29, 0.717) is 16.4 Å². The third kappa shape index (κ3) is 5.10. The predicted molar refractivity (Wildman–Crippen MR) is 74.3 cm³/mol. The molecule has 2 heteroatoms. The van der Waals surface area contributed by atoms with Gasteiger partial charge in [-0.25, -0.2) is 0 Å². The fraction of sp³-hybridized carbons (Fsp3) is 0.600. The van der Waals surface area contributed by atoms with E-state index in [9.17, 15) is 5.11 Å². The van der Waals surface area contributed by atoms with Crippen LogP contribution < -0.4 is 0 Å². The van der Waals surface area contributed by atoms with Crippen LogP contribution in [-0.2, 0) is 0 Å². The van der Waals surface area contributed by atoms with Crippen molar-refractivity contribution in [2.75, 3.05) is 0 Å². The number of halogens is 1. The third-order valence-electron chi connectivity index (χ3n) is 2.85. The van der Waals surface area contributed by atoms with Gasteiger partial charge in [0.05, 0.1) is 6.10 Å². The van der Waals surface area contributed by atoms with E-state index in [1.165, 1.54) is 0 Å². The molecule has 0 saturated heterocycles. The van der Waals surface area contributed by atoms with E-state index in [4.69, 9.17) is 11.6 Å². The summed E-state index contributed by atoms with van der Waals surface area (Å²) in [4.78, 5) is 0. The van der Waals surface area contributed by atoms with Crippen LogP contribution in [0.5, 0.6) is 0 Å². The smallest absolute Gasteiger partial charge is 0.0807 e. The van der Waals surface area contributed by atoms with Crippen LogP contribution in [0, 0.1) is 11.3 Å². The van der Waals surface area contributed by atoms with Crippen LogP contribution in [0.2, 0.25) is 5.02 Å².